The summed E-state index contributed by atoms with van der Waals surface area (Å²) in [5, 5.41) is 0. The van der Waals surface area contributed by atoms with Crippen molar-refractivity contribution in [2.45, 2.75) is 37.3 Å². The Morgan fingerprint density at radius 1 is 0.929 bits per heavy atom. The quantitative estimate of drug-likeness (QED) is 0.726. The van der Waals surface area contributed by atoms with Crippen LogP contribution in [-0.2, 0) is 18.9 Å². The number of ether oxygens (including phenoxy) is 4. The molecule has 4 atom stereocenters. The third-order valence-corrected chi connectivity index (χ3v) is 2.70. The van der Waals surface area contributed by atoms with Gasteiger partial charge in [-0.05, 0) is 13.8 Å². The summed E-state index contributed by atoms with van der Waals surface area (Å²) in [5.74, 6) is 0. The minimum atomic E-state index is -0.522. The van der Waals surface area contributed by atoms with Gasteiger partial charge in [-0.2, -0.15) is 0 Å². The Bertz CT molecular complexity index is 151. The molecular formula is C8H16O4S2. The van der Waals surface area contributed by atoms with E-state index in [0.29, 0.717) is 13.2 Å². The first-order chi connectivity index (χ1) is 6.69. The zero-order valence-corrected chi connectivity index (χ0v) is 10.0. The summed E-state index contributed by atoms with van der Waals surface area (Å²) in [4.78, 5) is 0. The Kier molecular flexibility index (Phi) is 5.58. The van der Waals surface area contributed by atoms with Crippen molar-refractivity contribution in [1.82, 2.24) is 0 Å². The zero-order valence-electron chi connectivity index (χ0n) is 8.25. The standard InChI is InChI=1S/C8H16O4S2/c1-3-9-5-6(10-4-2)12-8(14)7(13)11-5/h5-8,13-14H,3-4H2,1-2H3. The van der Waals surface area contributed by atoms with Crippen LogP contribution < -0.4 is 0 Å². The maximum atomic E-state index is 5.42. The molecule has 0 radical (unpaired) electrons. The fraction of sp³-hybridized carbons (Fsp3) is 1.00. The van der Waals surface area contributed by atoms with Crippen LogP contribution in [-0.4, -0.2) is 36.7 Å². The van der Waals surface area contributed by atoms with Gasteiger partial charge in [-0.1, -0.05) is 0 Å². The van der Waals surface area contributed by atoms with Crippen molar-refractivity contribution in [3.8, 4) is 0 Å². The molecule has 4 unspecified atom stereocenters. The minimum absolute atomic E-state index is 0.397. The van der Waals surface area contributed by atoms with Crippen LogP contribution in [0.5, 0.6) is 0 Å². The van der Waals surface area contributed by atoms with Gasteiger partial charge in [0, 0.05) is 13.2 Å². The van der Waals surface area contributed by atoms with Gasteiger partial charge in [0.1, 0.15) is 10.9 Å². The highest BCUT2D eigenvalue weighted by Crippen LogP contribution is 2.26. The Hall–Kier alpha value is 0.540. The average molecular weight is 240 g/mol. The number of thiol groups is 2. The van der Waals surface area contributed by atoms with E-state index in [1.807, 2.05) is 13.8 Å². The largest absolute Gasteiger partial charge is 0.348 e. The van der Waals surface area contributed by atoms with Gasteiger partial charge in [0.05, 0.1) is 0 Å². The number of rotatable bonds is 4. The molecule has 1 fully saturated rings. The molecule has 1 aliphatic rings. The lowest BCUT2D eigenvalue weighted by Gasteiger charge is -2.37. The van der Waals surface area contributed by atoms with Crippen molar-refractivity contribution in [1.29, 1.82) is 0 Å². The summed E-state index contributed by atoms with van der Waals surface area (Å²) in [6, 6.07) is 0. The first-order valence-corrected chi connectivity index (χ1v) is 5.62. The Balaban J connectivity index is 2.50. The maximum absolute atomic E-state index is 5.42. The Morgan fingerprint density at radius 3 is 1.57 bits per heavy atom. The molecule has 0 spiro atoms. The second-order valence-electron chi connectivity index (χ2n) is 2.70. The van der Waals surface area contributed by atoms with E-state index in [1.54, 1.807) is 0 Å². The summed E-state index contributed by atoms with van der Waals surface area (Å²) in [5.41, 5.74) is -0.793. The van der Waals surface area contributed by atoms with E-state index in [-0.39, 0.29) is 0 Å². The van der Waals surface area contributed by atoms with Crippen molar-refractivity contribution in [3.05, 3.63) is 0 Å². The van der Waals surface area contributed by atoms with Crippen LogP contribution in [0.25, 0.3) is 0 Å². The lowest BCUT2D eigenvalue weighted by molar-refractivity contribution is -0.331. The second kappa shape index (κ2) is 6.19. The molecule has 0 aromatic heterocycles. The molecule has 0 N–H and O–H groups in total. The molecule has 0 aromatic rings. The predicted octanol–water partition coefficient (Wildman–Crippen LogP) is 1.27. The molecule has 0 aromatic carbocycles. The normalized spacial score (nSPS) is 38.6. The molecule has 0 aliphatic carbocycles. The molecule has 0 saturated carbocycles. The second-order valence-corrected chi connectivity index (χ2v) is 3.72. The topological polar surface area (TPSA) is 36.9 Å². The van der Waals surface area contributed by atoms with Crippen molar-refractivity contribution in [2.24, 2.45) is 0 Å². The molecule has 1 rings (SSSR count). The van der Waals surface area contributed by atoms with Gasteiger partial charge in [0.25, 0.3) is 0 Å². The first-order valence-electron chi connectivity index (χ1n) is 4.59. The lowest BCUT2D eigenvalue weighted by atomic mass is 10.5. The summed E-state index contributed by atoms with van der Waals surface area (Å²) in [6.45, 7) is 4.84. The fourth-order valence-electron chi connectivity index (χ4n) is 1.10. The zero-order chi connectivity index (χ0) is 10.6. The highest BCUT2D eigenvalue weighted by Gasteiger charge is 2.36. The molecule has 4 nitrogen and oxygen atoms in total. The minimum Gasteiger partial charge on any atom is -0.348 e. The average Bonchev–Trinajstić information content (AvgIpc) is 2.14. The van der Waals surface area contributed by atoms with E-state index in [0.717, 1.165) is 0 Å². The van der Waals surface area contributed by atoms with E-state index < -0.39 is 23.5 Å². The predicted molar refractivity (Wildman–Crippen MR) is 58.5 cm³/mol. The SMILES string of the molecule is CCOC1OC(S)C(S)OC1OCC. The number of hydrogen-bond acceptors (Lipinski definition) is 6. The molecule has 0 amide bonds. The van der Waals surface area contributed by atoms with Crippen molar-refractivity contribution in [3.63, 3.8) is 0 Å². The van der Waals surface area contributed by atoms with Crippen molar-refractivity contribution in [2.75, 3.05) is 13.2 Å². The summed E-state index contributed by atoms with van der Waals surface area (Å²) in [7, 11) is 0. The molecule has 14 heavy (non-hydrogen) atoms. The summed E-state index contributed by atoms with van der Waals surface area (Å²) < 4.78 is 21.5. The molecule has 6 heteroatoms. The van der Waals surface area contributed by atoms with Gasteiger partial charge in [-0.25, -0.2) is 0 Å². The smallest absolute Gasteiger partial charge is 0.210 e. The molecule has 84 valence electrons. The van der Waals surface area contributed by atoms with Crippen molar-refractivity contribution < 1.29 is 18.9 Å². The van der Waals surface area contributed by atoms with Crippen LogP contribution in [0.15, 0.2) is 0 Å². The van der Waals surface area contributed by atoms with Crippen LogP contribution in [0.1, 0.15) is 13.8 Å². The van der Waals surface area contributed by atoms with Gasteiger partial charge in [0.15, 0.2) is 0 Å². The van der Waals surface area contributed by atoms with E-state index in [1.165, 1.54) is 0 Å². The molecular weight excluding hydrogens is 224 g/mol. The Labute approximate surface area is 95.1 Å². The van der Waals surface area contributed by atoms with E-state index in [9.17, 15) is 0 Å². The summed E-state index contributed by atoms with van der Waals surface area (Å²) >= 11 is 8.32. The third-order valence-electron chi connectivity index (χ3n) is 1.68. The van der Waals surface area contributed by atoms with E-state index >= 15 is 0 Å². The van der Waals surface area contributed by atoms with Gasteiger partial charge < -0.3 is 18.9 Å². The lowest BCUT2D eigenvalue weighted by Crippen LogP contribution is -2.47. The molecule has 1 saturated heterocycles. The Morgan fingerprint density at radius 2 is 1.29 bits per heavy atom. The van der Waals surface area contributed by atoms with Crippen LogP contribution in [0.3, 0.4) is 0 Å². The maximum Gasteiger partial charge on any atom is 0.210 e. The highest BCUT2D eigenvalue weighted by molar-refractivity contribution is 7.85. The van der Waals surface area contributed by atoms with Crippen LogP contribution in [0.2, 0.25) is 0 Å². The van der Waals surface area contributed by atoms with Gasteiger partial charge in [-0.3, -0.25) is 0 Å². The monoisotopic (exact) mass is 240 g/mol. The van der Waals surface area contributed by atoms with E-state index in [2.05, 4.69) is 25.3 Å². The highest BCUT2D eigenvalue weighted by atomic mass is 32.1. The van der Waals surface area contributed by atoms with Crippen molar-refractivity contribution >= 4 is 25.3 Å². The summed E-state index contributed by atoms with van der Waals surface area (Å²) in [6.07, 6.45) is -1.04. The van der Waals surface area contributed by atoms with Crippen LogP contribution >= 0.6 is 25.3 Å². The molecule has 1 heterocycles. The molecule has 0 bridgehead atoms. The van der Waals surface area contributed by atoms with Gasteiger partial charge >= 0.3 is 0 Å². The van der Waals surface area contributed by atoms with Crippen LogP contribution in [0, 0.1) is 0 Å². The molecule has 1 aliphatic heterocycles. The third kappa shape index (κ3) is 3.29. The van der Waals surface area contributed by atoms with Gasteiger partial charge in [0.2, 0.25) is 12.6 Å². The van der Waals surface area contributed by atoms with Gasteiger partial charge in [-0.15, -0.1) is 25.3 Å². The fourth-order valence-corrected chi connectivity index (χ4v) is 1.48. The number of hydrogen-bond donors (Lipinski definition) is 2. The van der Waals surface area contributed by atoms with E-state index in [4.69, 9.17) is 18.9 Å². The first kappa shape index (κ1) is 12.6. The van der Waals surface area contributed by atoms with Crippen LogP contribution in [0.4, 0.5) is 0 Å².